The average Bonchev–Trinajstić information content (AvgIpc) is 1.87. The van der Waals surface area contributed by atoms with Gasteiger partial charge in [-0.15, -0.1) is 0 Å². The van der Waals surface area contributed by atoms with Crippen LogP contribution in [0, 0.1) is 0 Å². The third-order valence-corrected chi connectivity index (χ3v) is 1.88. The molecule has 0 amide bonds. The molecule has 0 saturated carbocycles. The van der Waals surface area contributed by atoms with Crippen molar-refractivity contribution in [2.24, 2.45) is 0 Å². The molecule has 1 nitrogen and oxygen atoms in total. The summed E-state index contributed by atoms with van der Waals surface area (Å²) < 4.78 is 10.5. The molecule has 0 aliphatic carbocycles. The van der Waals surface area contributed by atoms with Crippen molar-refractivity contribution < 1.29 is 4.21 Å². The second kappa shape index (κ2) is 7.00. The molecule has 0 rings (SSSR count). The Hall–Kier alpha value is -0.110. The van der Waals surface area contributed by atoms with Gasteiger partial charge in [0.15, 0.2) is 0 Å². The van der Waals surface area contributed by atoms with Crippen LogP contribution in [0.4, 0.5) is 0 Å². The SMILES string of the molecule is CCCC/C=C/CS(C)=O. The van der Waals surface area contributed by atoms with Crippen LogP contribution in [0.3, 0.4) is 0 Å². The molecule has 0 bridgehead atoms. The van der Waals surface area contributed by atoms with Crippen LogP contribution >= 0.6 is 0 Å². The fourth-order valence-electron chi connectivity index (χ4n) is 0.643. The second-order valence-electron chi connectivity index (χ2n) is 2.35. The van der Waals surface area contributed by atoms with Crippen LogP contribution in [-0.4, -0.2) is 16.2 Å². The fraction of sp³-hybridized carbons (Fsp3) is 0.750. The molecule has 0 heterocycles. The summed E-state index contributed by atoms with van der Waals surface area (Å²) in [5, 5.41) is 0. The maximum atomic E-state index is 10.5. The van der Waals surface area contributed by atoms with E-state index in [0.29, 0.717) is 5.75 Å². The highest BCUT2D eigenvalue weighted by molar-refractivity contribution is 7.84. The highest BCUT2D eigenvalue weighted by atomic mass is 32.2. The summed E-state index contributed by atoms with van der Waals surface area (Å²) >= 11 is 0. The Morgan fingerprint density at radius 1 is 1.40 bits per heavy atom. The maximum Gasteiger partial charge on any atom is 0.0412 e. The van der Waals surface area contributed by atoms with Gasteiger partial charge in [0.2, 0.25) is 0 Å². The van der Waals surface area contributed by atoms with E-state index in [4.69, 9.17) is 0 Å². The summed E-state index contributed by atoms with van der Waals surface area (Å²) in [7, 11) is -0.658. The quantitative estimate of drug-likeness (QED) is 0.444. The molecular weight excluding hydrogens is 144 g/mol. The lowest BCUT2D eigenvalue weighted by atomic mass is 10.2. The predicted octanol–water partition coefficient (Wildman–Crippen LogP) is 2.11. The lowest BCUT2D eigenvalue weighted by molar-refractivity contribution is 0.688. The molecule has 0 saturated heterocycles. The first-order valence-electron chi connectivity index (χ1n) is 3.72. The first kappa shape index (κ1) is 9.89. The first-order chi connectivity index (χ1) is 4.77. The van der Waals surface area contributed by atoms with Crippen molar-refractivity contribution in [3.8, 4) is 0 Å². The fourth-order valence-corrected chi connectivity index (χ4v) is 1.05. The molecule has 60 valence electrons. The largest absolute Gasteiger partial charge is 0.260 e. The summed E-state index contributed by atoms with van der Waals surface area (Å²) in [6.45, 7) is 2.17. The van der Waals surface area contributed by atoms with E-state index in [1.807, 2.05) is 6.08 Å². The van der Waals surface area contributed by atoms with Gasteiger partial charge in [0.25, 0.3) is 0 Å². The summed E-state index contributed by atoms with van der Waals surface area (Å²) in [6, 6.07) is 0. The molecule has 0 aromatic heterocycles. The topological polar surface area (TPSA) is 17.1 Å². The van der Waals surface area contributed by atoms with Gasteiger partial charge in [0.05, 0.1) is 0 Å². The van der Waals surface area contributed by atoms with E-state index in [1.165, 1.54) is 12.8 Å². The Balaban J connectivity index is 3.12. The third kappa shape index (κ3) is 7.89. The Kier molecular flexibility index (Phi) is 6.93. The Labute approximate surface area is 66.0 Å². The van der Waals surface area contributed by atoms with Gasteiger partial charge in [0.1, 0.15) is 0 Å². The van der Waals surface area contributed by atoms with Crippen molar-refractivity contribution >= 4 is 10.8 Å². The van der Waals surface area contributed by atoms with Gasteiger partial charge in [0, 0.05) is 22.8 Å². The van der Waals surface area contributed by atoms with Crippen molar-refractivity contribution in [1.29, 1.82) is 0 Å². The number of hydrogen-bond donors (Lipinski definition) is 0. The highest BCUT2D eigenvalue weighted by Gasteiger charge is 1.82. The highest BCUT2D eigenvalue weighted by Crippen LogP contribution is 1.94. The molecule has 0 aliphatic rings. The van der Waals surface area contributed by atoms with Gasteiger partial charge < -0.3 is 0 Å². The van der Waals surface area contributed by atoms with Crippen LogP contribution in [0.25, 0.3) is 0 Å². The molecule has 2 heteroatoms. The number of hydrogen-bond acceptors (Lipinski definition) is 1. The minimum Gasteiger partial charge on any atom is -0.260 e. The van der Waals surface area contributed by atoms with Crippen LogP contribution in [0.15, 0.2) is 12.2 Å². The standard InChI is InChI=1S/C8H16OS/c1-3-4-5-6-7-8-10(2)9/h6-7H,3-5,8H2,1-2H3/b7-6+. The Morgan fingerprint density at radius 3 is 2.60 bits per heavy atom. The van der Waals surface area contributed by atoms with Crippen molar-refractivity contribution in [2.75, 3.05) is 12.0 Å². The molecule has 0 aromatic rings. The molecule has 0 spiro atoms. The average molecular weight is 160 g/mol. The predicted molar refractivity (Wildman–Crippen MR) is 47.6 cm³/mol. The van der Waals surface area contributed by atoms with E-state index >= 15 is 0 Å². The lowest BCUT2D eigenvalue weighted by Gasteiger charge is -1.88. The molecule has 10 heavy (non-hydrogen) atoms. The second-order valence-corrected chi connectivity index (χ2v) is 3.83. The first-order valence-corrected chi connectivity index (χ1v) is 5.45. The number of allylic oxidation sites excluding steroid dienone is 1. The van der Waals surface area contributed by atoms with E-state index in [-0.39, 0.29) is 0 Å². The molecule has 1 unspecified atom stereocenters. The van der Waals surface area contributed by atoms with Crippen molar-refractivity contribution in [3.63, 3.8) is 0 Å². The molecule has 0 N–H and O–H groups in total. The summed E-state index contributed by atoms with van der Waals surface area (Å²) in [5.41, 5.74) is 0. The van der Waals surface area contributed by atoms with Gasteiger partial charge in [-0.05, 0) is 6.42 Å². The van der Waals surface area contributed by atoms with E-state index in [9.17, 15) is 4.21 Å². The summed E-state index contributed by atoms with van der Waals surface area (Å²) in [4.78, 5) is 0. The molecular formula is C8H16OS. The molecule has 0 aliphatic heterocycles. The minimum absolute atomic E-state index is 0.658. The third-order valence-electron chi connectivity index (χ3n) is 1.22. The maximum absolute atomic E-state index is 10.5. The van der Waals surface area contributed by atoms with Crippen LogP contribution in [-0.2, 0) is 10.8 Å². The van der Waals surface area contributed by atoms with Gasteiger partial charge >= 0.3 is 0 Å². The molecule has 1 atom stereocenters. The monoisotopic (exact) mass is 160 g/mol. The van der Waals surface area contributed by atoms with E-state index in [2.05, 4.69) is 13.0 Å². The zero-order valence-corrected chi connectivity index (χ0v) is 7.62. The lowest BCUT2D eigenvalue weighted by Crippen LogP contribution is -1.87. The molecule has 0 aromatic carbocycles. The molecule has 0 fully saturated rings. The summed E-state index contributed by atoms with van der Waals surface area (Å²) in [5.74, 6) is 0.712. The summed E-state index contributed by atoms with van der Waals surface area (Å²) in [6.07, 6.45) is 9.46. The van der Waals surface area contributed by atoms with Gasteiger partial charge in [-0.25, -0.2) is 0 Å². The van der Waals surface area contributed by atoms with Crippen molar-refractivity contribution in [1.82, 2.24) is 0 Å². The van der Waals surface area contributed by atoms with Crippen LogP contribution in [0.5, 0.6) is 0 Å². The van der Waals surface area contributed by atoms with Gasteiger partial charge in [-0.3, -0.25) is 4.21 Å². The van der Waals surface area contributed by atoms with Crippen molar-refractivity contribution in [2.45, 2.75) is 26.2 Å². The Morgan fingerprint density at radius 2 is 2.10 bits per heavy atom. The van der Waals surface area contributed by atoms with Gasteiger partial charge in [-0.2, -0.15) is 0 Å². The zero-order chi connectivity index (χ0) is 7.82. The van der Waals surface area contributed by atoms with E-state index in [0.717, 1.165) is 6.42 Å². The molecule has 0 radical (unpaired) electrons. The van der Waals surface area contributed by atoms with E-state index < -0.39 is 10.8 Å². The van der Waals surface area contributed by atoms with Crippen LogP contribution < -0.4 is 0 Å². The van der Waals surface area contributed by atoms with Gasteiger partial charge in [-0.1, -0.05) is 31.9 Å². The van der Waals surface area contributed by atoms with Crippen LogP contribution in [0.2, 0.25) is 0 Å². The normalized spacial score (nSPS) is 14.2. The number of rotatable bonds is 5. The smallest absolute Gasteiger partial charge is 0.0412 e. The van der Waals surface area contributed by atoms with E-state index in [1.54, 1.807) is 6.26 Å². The zero-order valence-electron chi connectivity index (χ0n) is 6.80. The van der Waals surface area contributed by atoms with Crippen molar-refractivity contribution in [3.05, 3.63) is 12.2 Å². The Bertz CT molecular complexity index is 118. The number of unbranched alkanes of at least 4 members (excludes halogenated alkanes) is 2. The van der Waals surface area contributed by atoms with Crippen LogP contribution in [0.1, 0.15) is 26.2 Å². The minimum atomic E-state index is -0.658.